The summed E-state index contributed by atoms with van der Waals surface area (Å²) in [5.74, 6) is 0.106. The Morgan fingerprint density at radius 1 is 1.44 bits per heavy atom. The molecule has 2 unspecified atom stereocenters. The van der Waals surface area contributed by atoms with Crippen LogP contribution in [0.15, 0.2) is 22.8 Å². The van der Waals surface area contributed by atoms with Crippen LogP contribution in [-0.4, -0.2) is 60.0 Å². The zero-order chi connectivity index (χ0) is 19.4. The Labute approximate surface area is 158 Å². The minimum atomic E-state index is -0.853. The predicted octanol–water partition coefficient (Wildman–Crippen LogP) is 1.76. The summed E-state index contributed by atoms with van der Waals surface area (Å²) in [4.78, 5) is 40.9. The highest BCUT2D eigenvalue weighted by molar-refractivity contribution is 6.09. The van der Waals surface area contributed by atoms with E-state index in [0.717, 1.165) is 24.2 Å². The Morgan fingerprint density at radius 2 is 2.26 bits per heavy atom. The third-order valence-electron chi connectivity index (χ3n) is 5.64. The van der Waals surface area contributed by atoms with Crippen LogP contribution in [-0.2, 0) is 20.9 Å². The van der Waals surface area contributed by atoms with Gasteiger partial charge in [0.25, 0.3) is 5.91 Å². The number of carbonyl (C=O) groups excluding carboxylic acids is 3. The first-order chi connectivity index (χ1) is 13.0. The van der Waals surface area contributed by atoms with Gasteiger partial charge in [-0.3, -0.25) is 14.5 Å². The molecule has 2 aliphatic rings. The fraction of sp³-hybridized carbons (Fsp3) is 0.632. The first kappa shape index (κ1) is 19.4. The molecule has 1 aromatic heterocycles. The lowest BCUT2D eigenvalue weighted by Gasteiger charge is -2.36. The molecule has 1 saturated heterocycles. The molecular weight excluding hydrogens is 350 g/mol. The minimum Gasteiger partial charge on any atom is -0.467 e. The summed E-state index contributed by atoms with van der Waals surface area (Å²) in [6.45, 7) is 2.68. The smallest absolute Gasteiger partial charge is 0.325 e. The van der Waals surface area contributed by atoms with E-state index in [0.29, 0.717) is 25.3 Å². The second-order valence-electron chi connectivity index (χ2n) is 7.33. The van der Waals surface area contributed by atoms with Crippen LogP contribution in [0, 0.1) is 5.92 Å². The van der Waals surface area contributed by atoms with Crippen molar-refractivity contribution in [3.8, 4) is 0 Å². The van der Waals surface area contributed by atoms with Gasteiger partial charge < -0.3 is 19.4 Å². The number of furan rings is 1. The molecule has 8 heteroatoms. The van der Waals surface area contributed by atoms with Gasteiger partial charge in [0.2, 0.25) is 5.91 Å². The molecule has 4 amide bonds. The van der Waals surface area contributed by atoms with Crippen molar-refractivity contribution >= 4 is 17.8 Å². The quantitative estimate of drug-likeness (QED) is 0.731. The van der Waals surface area contributed by atoms with E-state index in [2.05, 4.69) is 5.32 Å². The van der Waals surface area contributed by atoms with E-state index in [1.807, 2.05) is 6.92 Å². The molecule has 3 rings (SSSR count). The van der Waals surface area contributed by atoms with Crippen LogP contribution in [0.4, 0.5) is 4.79 Å². The molecule has 1 saturated carbocycles. The summed E-state index contributed by atoms with van der Waals surface area (Å²) in [5, 5.41) is 2.88. The normalized spacial score (nSPS) is 25.1. The fourth-order valence-corrected chi connectivity index (χ4v) is 3.96. The van der Waals surface area contributed by atoms with Gasteiger partial charge >= 0.3 is 6.03 Å². The largest absolute Gasteiger partial charge is 0.467 e. The van der Waals surface area contributed by atoms with Crippen molar-refractivity contribution in [2.24, 2.45) is 5.92 Å². The molecule has 1 spiro atoms. The van der Waals surface area contributed by atoms with E-state index in [1.165, 1.54) is 4.90 Å². The molecule has 1 aromatic rings. The number of hydrogen-bond donors (Lipinski definition) is 1. The molecule has 0 aromatic carbocycles. The predicted molar refractivity (Wildman–Crippen MR) is 96.6 cm³/mol. The summed E-state index contributed by atoms with van der Waals surface area (Å²) in [7, 11) is 1.56. The Bertz CT molecular complexity index is 690. The Kier molecular flexibility index (Phi) is 5.84. The highest BCUT2D eigenvalue weighted by Crippen LogP contribution is 2.38. The molecule has 1 aliphatic carbocycles. The van der Waals surface area contributed by atoms with Crippen LogP contribution in [0.1, 0.15) is 38.4 Å². The Balaban J connectivity index is 1.70. The van der Waals surface area contributed by atoms with Gasteiger partial charge in [-0.25, -0.2) is 4.79 Å². The van der Waals surface area contributed by atoms with Crippen molar-refractivity contribution in [2.75, 3.05) is 26.8 Å². The van der Waals surface area contributed by atoms with Crippen LogP contribution in [0.5, 0.6) is 0 Å². The zero-order valence-corrected chi connectivity index (χ0v) is 15.9. The summed E-state index contributed by atoms with van der Waals surface area (Å²) >= 11 is 0. The van der Waals surface area contributed by atoms with Crippen molar-refractivity contribution in [1.29, 1.82) is 0 Å². The van der Waals surface area contributed by atoms with E-state index >= 15 is 0 Å². The number of carbonyl (C=O) groups is 3. The van der Waals surface area contributed by atoms with E-state index in [-0.39, 0.29) is 30.8 Å². The van der Waals surface area contributed by atoms with Gasteiger partial charge in [-0.1, -0.05) is 19.8 Å². The van der Waals surface area contributed by atoms with Gasteiger partial charge in [-0.05, 0) is 30.9 Å². The van der Waals surface area contributed by atoms with Crippen molar-refractivity contribution in [3.63, 3.8) is 0 Å². The summed E-state index contributed by atoms with van der Waals surface area (Å²) in [5.41, 5.74) is -0.853. The van der Waals surface area contributed by atoms with Crippen molar-refractivity contribution in [1.82, 2.24) is 15.1 Å². The first-order valence-electron chi connectivity index (χ1n) is 9.41. The number of methoxy groups -OCH3 is 1. The molecule has 148 valence electrons. The molecular formula is C19H27N3O5. The minimum absolute atomic E-state index is 0.0653. The molecule has 2 atom stereocenters. The third kappa shape index (κ3) is 3.85. The van der Waals surface area contributed by atoms with Crippen molar-refractivity contribution in [2.45, 2.75) is 44.7 Å². The van der Waals surface area contributed by atoms with Crippen LogP contribution >= 0.6 is 0 Å². The van der Waals surface area contributed by atoms with Gasteiger partial charge in [-0.2, -0.15) is 0 Å². The van der Waals surface area contributed by atoms with Crippen LogP contribution < -0.4 is 5.32 Å². The van der Waals surface area contributed by atoms with Gasteiger partial charge in [-0.15, -0.1) is 0 Å². The SMILES string of the molecule is COCCN(Cc1ccco1)C(=O)CN1C(=O)NC2(CCCCC2C)C1=O. The number of nitrogens with zero attached hydrogens (tertiary/aromatic N) is 2. The molecule has 1 aliphatic heterocycles. The molecule has 1 N–H and O–H groups in total. The maximum absolute atomic E-state index is 13.0. The highest BCUT2D eigenvalue weighted by Gasteiger charge is 2.55. The summed E-state index contributed by atoms with van der Waals surface area (Å²) in [6, 6.07) is 3.05. The average Bonchev–Trinajstić information content (AvgIpc) is 3.24. The molecule has 27 heavy (non-hydrogen) atoms. The third-order valence-corrected chi connectivity index (χ3v) is 5.64. The number of amides is 4. The Morgan fingerprint density at radius 3 is 2.93 bits per heavy atom. The number of imide groups is 1. The maximum atomic E-state index is 13.0. The zero-order valence-electron chi connectivity index (χ0n) is 15.9. The molecule has 0 bridgehead atoms. The lowest BCUT2D eigenvalue weighted by Crippen LogP contribution is -2.54. The number of ether oxygens (including phenoxy) is 1. The molecule has 8 nitrogen and oxygen atoms in total. The lowest BCUT2D eigenvalue weighted by atomic mass is 9.73. The van der Waals surface area contributed by atoms with E-state index < -0.39 is 11.6 Å². The monoisotopic (exact) mass is 377 g/mol. The fourth-order valence-electron chi connectivity index (χ4n) is 3.96. The van der Waals surface area contributed by atoms with E-state index in [9.17, 15) is 14.4 Å². The highest BCUT2D eigenvalue weighted by atomic mass is 16.5. The summed E-state index contributed by atoms with van der Waals surface area (Å²) in [6.07, 6.45) is 5.02. The second kappa shape index (κ2) is 8.12. The van der Waals surface area contributed by atoms with Gasteiger partial charge in [0.05, 0.1) is 19.4 Å². The van der Waals surface area contributed by atoms with Crippen LogP contribution in [0.2, 0.25) is 0 Å². The van der Waals surface area contributed by atoms with Gasteiger partial charge in [0.15, 0.2) is 0 Å². The number of hydrogen-bond acceptors (Lipinski definition) is 5. The van der Waals surface area contributed by atoms with E-state index in [4.69, 9.17) is 9.15 Å². The Hall–Kier alpha value is -2.35. The average molecular weight is 377 g/mol. The van der Waals surface area contributed by atoms with Gasteiger partial charge in [0, 0.05) is 13.7 Å². The standard InChI is InChI=1S/C19H27N3O5/c1-14-6-3-4-8-19(14)17(24)22(18(25)20-19)13-16(23)21(9-11-26-2)12-15-7-5-10-27-15/h5,7,10,14H,3-4,6,8-9,11-13H2,1-2H3,(H,20,25). The lowest BCUT2D eigenvalue weighted by molar-refractivity contribution is -0.141. The summed E-state index contributed by atoms with van der Waals surface area (Å²) < 4.78 is 10.4. The van der Waals surface area contributed by atoms with Gasteiger partial charge in [0.1, 0.15) is 17.8 Å². The number of nitrogens with one attached hydrogen (secondary N) is 1. The van der Waals surface area contributed by atoms with Crippen LogP contribution in [0.25, 0.3) is 0 Å². The number of rotatable bonds is 7. The van der Waals surface area contributed by atoms with Crippen LogP contribution in [0.3, 0.4) is 0 Å². The van der Waals surface area contributed by atoms with E-state index in [1.54, 1.807) is 25.5 Å². The molecule has 2 heterocycles. The molecule has 2 fully saturated rings. The topological polar surface area (TPSA) is 92.1 Å². The maximum Gasteiger partial charge on any atom is 0.325 e. The first-order valence-corrected chi connectivity index (χ1v) is 9.41. The second-order valence-corrected chi connectivity index (χ2v) is 7.33. The number of urea groups is 1. The molecule has 0 radical (unpaired) electrons. The van der Waals surface area contributed by atoms with Crippen molar-refractivity contribution in [3.05, 3.63) is 24.2 Å². The van der Waals surface area contributed by atoms with Crippen molar-refractivity contribution < 1.29 is 23.5 Å².